The van der Waals surface area contributed by atoms with Crippen LogP contribution < -0.4 is 11.1 Å². The van der Waals surface area contributed by atoms with Crippen LogP contribution in [0.1, 0.15) is 52.9 Å². The topological polar surface area (TPSA) is 64.3 Å². The first-order valence-corrected chi connectivity index (χ1v) is 7.40. The fourth-order valence-corrected chi connectivity index (χ4v) is 3.08. The highest BCUT2D eigenvalue weighted by Crippen LogP contribution is 2.37. The first kappa shape index (κ1) is 19.7. The van der Waals surface area contributed by atoms with E-state index in [1.165, 1.54) is 19.3 Å². The van der Waals surface area contributed by atoms with E-state index in [9.17, 15) is 4.79 Å². The molecule has 20 heavy (non-hydrogen) atoms. The van der Waals surface area contributed by atoms with E-state index in [0.29, 0.717) is 24.9 Å². The molecule has 0 aromatic heterocycles. The van der Waals surface area contributed by atoms with Crippen molar-refractivity contribution in [3.05, 3.63) is 0 Å². The number of hydrogen-bond donors (Lipinski definition) is 2. The lowest BCUT2D eigenvalue weighted by atomic mass is 9.69. The van der Waals surface area contributed by atoms with Gasteiger partial charge in [-0.15, -0.1) is 12.4 Å². The quantitative estimate of drug-likeness (QED) is 0.820. The van der Waals surface area contributed by atoms with Crippen molar-refractivity contribution in [2.45, 2.75) is 65.0 Å². The molecule has 3 N–H and O–H groups in total. The predicted molar refractivity (Wildman–Crippen MR) is 85.1 cm³/mol. The van der Waals surface area contributed by atoms with Crippen molar-refractivity contribution in [3.63, 3.8) is 0 Å². The number of nitrogens with one attached hydrogen (secondary N) is 1. The fourth-order valence-electron chi connectivity index (χ4n) is 3.08. The lowest BCUT2D eigenvalue weighted by Crippen LogP contribution is -2.47. The van der Waals surface area contributed by atoms with Gasteiger partial charge in [-0.2, -0.15) is 0 Å². The molecule has 1 amide bonds. The zero-order chi connectivity index (χ0) is 14.5. The van der Waals surface area contributed by atoms with E-state index >= 15 is 0 Å². The van der Waals surface area contributed by atoms with Crippen LogP contribution in [0.3, 0.4) is 0 Å². The standard InChI is InChI=1S/C15H30N2O2.ClH/c1-15(2,3)12-7-5-6-8-13(12)17-14(18)9-11(10-16)19-4;/h11-13H,5-10,16H2,1-4H3,(H,17,18);1H. The Labute approximate surface area is 129 Å². The largest absolute Gasteiger partial charge is 0.380 e. The van der Waals surface area contributed by atoms with Gasteiger partial charge in [-0.05, 0) is 24.2 Å². The van der Waals surface area contributed by atoms with Crippen molar-refractivity contribution in [1.82, 2.24) is 5.32 Å². The maximum absolute atomic E-state index is 12.1. The monoisotopic (exact) mass is 306 g/mol. The summed E-state index contributed by atoms with van der Waals surface area (Å²) in [5.41, 5.74) is 5.80. The Balaban J connectivity index is 0.00000361. The van der Waals surface area contributed by atoms with Gasteiger partial charge >= 0.3 is 0 Å². The maximum Gasteiger partial charge on any atom is 0.222 e. The van der Waals surface area contributed by atoms with Crippen molar-refractivity contribution in [3.8, 4) is 0 Å². The molecule has 1 rings (SSSR count). The van der Waals surface area contributed by atoms with Gasteiger partial charge in [0.2, 0.25) is 5.91 Å². The zero-order valence-corrected chi connectivity index (χ0v) is 14.1. The Morgan fingerprint density at radius 1 is 1.35 bits per heavy atom. The number of hydrogen-bond acceptors (Lipinski definition) is 3. The number of ether oxygens (including phenoxy) is 1. The van der Waals surface area contributed by atoms with Gasteiger partial charge in [-0.1, -0.05) is 33.6 Å². The highest BCUT2D eigenvalue weighted by Gasteiger charge is 2.34. The van der Waals surface area contributed by atoms with Crippen LogP contribution in [0.4, 0.5) is 0 Å². The van der Waals surface area contributed by atoms with Gasteiger partial charge < -0.3 is 15.8 Å². The lowest BCUT2D eigenvalue weighted by molar-refractivity contribution is -0.125. The molecule has 0 spiro atoms. The summed E-state index contributed by atoms with van der Waals surface area (Å²) < 4.78 is 5.17. The van der Waals surface area contributed by atoms with Crippen molar-refractivity contribution >= 4 is 18.3 Å². The Bertz CT molecular complexity index is 288. The first-order valence-electron chi connectivity index (χ1n) is 7.40. The zero-order valence-electron chi connectivity index (χ0n) is 13.3. The van der Waals surface area contributed by atoms with Crippen molar-refractivity contribution in [2.24, 2.45) is 17.1 Å². The molecule has 0 aliphatic heterocycles. The molecule has 0 saturated heterocycles. The minimum atomic E-state index is -0.170. The second-order valence-electron chi connectivity index (χ2n) is 6.73. The number of amides is 1. The molecule has 4 nitrogen and oxygen atoms in total. The molecule has 1 aliphatic rings. The van der Waals surface area contributed by atoms with Gasteiger partial charge in [0.25, 0.3) is 0 Å². The van der Waals surface area contributed by atoms with Crippen molar-refractivity contribution in [1.29, 1.82) is 0 Å². The van der Waals surface area contributed by atoms with Gasteiger partial charge in [0.1, 0.15) is 0 Å². The molecule has 3 unspecified atom stereocenters. The minimum absolute atomic E-state index is 0. The molecule has 120 valence electrons. The average Bonchev–Trinajstić information content (AvgIpc) is 2.35. The number of methoxy groups -OCH3 is 1. The Morgan fingerprint density at radius 3 is 2.45 bits per heavy atom. The van der Waals surface area contributed by atoms with Gasteiger partial charge in [0, 0.05) is 19.7 Å². The third kappa shape index (κ3) is 5.98. The molecule has 0 heterocycles. The summed E-state index contributed by atoms with van der Waals surface area (Å²) in [5, 5.41) is 3.20. The molecule has 1 fully saturated rings. The van der Waals surface area contributed by atoms with E-state index in [2.05, 4.69) is 26.1 Å². The number of nitrogens with two attached hydrogens (primary N) is 1. The summed E-state index contributed by atoms with van der Waals surface area (Å²) in [4.78, 5) is 12.1. The highest BCUT2D eigenvalue weighted by atomic mass is 35.5. The predicted octanol–water partition coefficient (Wildman–Crippen LogP) is 2.49. The van der Waals surface area contributed by atoms with Crippen LogP contribution in [-0.4, -0.2) is 31.7 Å². The van der Waals surface area contributed by atoms with Gasteiger partial charge in [0.15, 0.2) is 0 Å². The van der Waals surface area contributed by atoms with Gasteiger partial charge in [0.05, 0.1) is 12.5 Å². The highest BCUT2D eigenvalue weighted by molar-refractivity contribution is 5.85. The van der Waals surface area contributed by atoms with E-state index in [0.717, 1.165) is 6.42 Å². The fraction of sp³-hybridized carbons (Fsp3) is 0.933. The Kier molecular flexibility index (Phi) is 8.71. The molecule has 3 atom stereocenters. The molecule has 0 aromatic carbocycles. The molecule has 5 heteroatoms. The summed E-state index contributed by atoms with van der Waals surface area (Å²) in [6.45, 7) is 7.18. The molecular weight excluding hydrogens is 276 g/mol. The van der Waals surface area contributed by atoms with Crippen molar-refractivity contribution < 1.29 is 9.53 Å². The van der Waals surface area contributed by atoms with Crippen LogP contribution in [0.15, 0.2) is 0 Å². The summed E-state index contributed by atoms with van der Waals surface area (Å²) >= 11 is 0. The van der Waals surface area contributed by atoms with E-state index in [1.807, 2.05) is 0 Å². The second kappa shape index (κ2) is 8.85. The van der Waals surface area contributed by atoms with Crippen LogP contribution >= 0.6 is 12.4 Å². The molecule has 1 saturated carbocycles. The van der Waals surface area contributed by atoms with Crippen LogP contribution in [-0.2, 0) is 9.53 Å². The number of rotatable bonds is 5. The van der Waals surface area contributed by atoms with Crippen LogP contribution in [0.5, 0.6) is 0 Å². The van der Waals surface area contributed by atoms with Crippen molar-refractivity contribution in [2.75, 3.05) is 13.7 Å². The summed E-state index contributed by atoms with van der Waals surface area (Å²) in [6, 6.07) is 0.302. The summed E-state index contributed by atoms with van der Waals surface area (Å²) in [6.07, 6.45) is 4.98. The third-order valence-electron chi connectivity index (χ3n) is 4.23. The van der Waals surface area contributed by atoms with Crippen LogP contribution in [0, 0.1) is 11.3 Å². The maximum atomic E-state index is 12.1. The normalized spacial score (nSPS) is 24.6. The number of carbonyl (C=O) groups is 1. The molecule has 0 bridgehead atoms. The van der Waals surface area contributed by atoms with Gasteiger partial charge in [-0.3, -0.25) is 4.79 Å². The average molecular weight is 307 g/mol. The molecule has 1 aliphatic carbocycles. The summed E-state index contributed by atoms with van der Waals surface area (Å²) in [5.74, 6) is 0.627. The lowest BCUT2D eigenvalue weighted by Gasteiger charge is -2.40. The minimum Gasteiger partial charge on any atom is -0.380 e. The second-order valence-corrected chi connectivity index (χ2v) is 6.73. The molecule has 0 aromatic rings. The van der Waals surface area contributed by atoms with E-state index in [1.54, 1.807) is 7.11 Å². The van der Waals surface area contributed by atoms with Crippen LogP contribution in [0.25, 0.3) is 0 Å². The molecule has 0 radical (unpaired) electrons. The number of halogens is 1. The van der Waals surface area contributed by atoms with Crippen LogP contribution in [0.2, 0.25) is 0 Å². The number of carbonyl (C=O) groups excluding carboxylic acids is 1. The third-order valence-corrected chi connectivity index (χ3v) is 4.23. The SMILES string of the molecule is COC(CN)CC(=O)NC1CCCCC1C(C)(C)C.Cl. The Hall–Kier alpha value is -0.320. The van der Waals surface area contributed by atoms with E-state index < -0.39 is 0 Å². The van der Waals surface area contributed by atoms with E-state index in [4.69, 9.17) is 10.5 Å². The summed E-state index contributed by atoms with van der Waals surface area (Å²) in [7, 11) is 1.60. The van der Waals surface area contributed by atoms with Gasteiger partial charge in [-0.25, -0.2) is 0 Å². The van der Waals surface area contributed by atoms with E-state index in [-0.39, 0.29) is 29.8 Å². The molecular formula is C15H31ClN2O2. The smallest absolute Gasteiger partial charge is 0.222 e. The first-order chi connectivity index (χ1) is 8.88. The Morgan fingerprint density at radius 2 is 1.95 bits per heavy atom.